The standard InChI is InChI=1S/C15H19BrO/c1-11-8-9-13(14(16)10-11)15(17)12-6-4-2-3-5-7-12/h8-10,12H,2-7H2,1H3. The Morgan fingerprint density at radius 1 is 1.18 bits per heavy atom. The number of benzene rings is 1. The first-order chi connectivity index (χ1) is 8.18. The molecule has 1 aromatic carbocycles. The van der Waals surface area contributed by atoms with Crippen molar-refractivity contribution in [3.63, 3.8) is 0 Å². The van der Waals surface area contributed by atoms with Gasteiger partial charge in [-0.1, -0.05) is 47.7 Å². The second-order valence-electron chi connectivity index (χ2n) is 5.04. The number of carbonyl (C=O) groups excluding carboxylic acids is 1. The van der Waals surface area contributed by atoms with E-state index in [2.05, 4.69) is 15.9 Å². The number of carbonyl (C=O) groups is 1. The lowest BCUT2D eigenvalue weighted by atomic mass is 9.91. The summed E-state index contributed by atoms with van der Waals surface area (Å²) in [6.45, 7) is 2.05. The average Bonchev–Trinajstić information content (AvgIpc) is 2.56. The molecule has 1 aliphatic carbocycles. The zero-order valence-electron chi connectivity index (χ0n) is 10.3. The van der Waals surface area contributed by atoms with E-state index < -0.39 is 0 Å². The van der Waals surface area contributed by atoms with Crippen LogP contribution in [0.5, 0.6) is 0 Å². The minimum Gasteiger partial charge on any atom is -0.294 e. The van der Waals surface area contributed by atoms with Crippen molar-refractivity contribution in [1.29, 1.82) is 0 Å². The first-order valence-corrected chi connectivity index (χ1v) is 7.28. The van der Waals surface area contributed by atoms with Gasteiger partial charge < -0.3 is 0 Å². The van der Waals surface area contributed by atoms with E-state index in [-0.39, 0.29) is 5.92 Å². The lowest BCUT2D eigenvalue weighted by molar-refractivity contribution is 0.0907. The molecular weight excluding hydrogens is 276 g/mol. The summed E-state index contributed by atoms with van der Waals surface area (Å²) in [7, 11) is 0. The van der Waals surface area contributed by atoms with Crippen molar-refractivity contribution in [1.82, 2.24) is 0 Å². The predicted molar refractivity (Wildman–Crippen MR) is 74.4 cm³/mol. The molecule has 2 rings (SSSR count). The van der Waals surface area contributed by atoms with Crippen molar-refractivity contribution in [2.24, 2.45) is 5.92 Å². The Labute approximate surface area is 112 Å². The molecule has 0 spiro atoms. The van der Waals surface area contributed by atoms with E-state index in [0.717, 1.165) is 22.9 Å². The SMILES string of the molecule is Cc1ccc(C(=O)C2CCCCCC2)c(Br)c1. The van der Waals surface area contributed by atoms with Crippen LogP contribution in [0.25, 0.3) is 0 Å². The van der Waals surface area contributed by atoms with Gasteiger partial charge in [-0.25, -0.2) is 0 Å². The Bertz CT molecular complexity index is 403. The fourth-order valence-corrected chi connectivity index (χ4v) is 3.27. The summed E-state index contributed by atoms with van der Waals surface area (Å²) < 4.78 is 0.951. The molecule has 0 N–H and O–H groups in total. The highest BCUT2D eigenvalue weighted by Gasteiger charge is 2.22. The predicted octanol–water partition coefficient (Wildman–Crippen LogP) is 4.91. The lowest BCUT2D eigenvalue weighted by Gasteiger charge is -2.14. The van der Waals surface area contributed by atoms with Crippen LogP contribution in [0.3, 0.4) is 0 Å². The highest BCUT2D eigenvalue weighted by Crippen LogP contribution is 2.29. The molecule has 0 amide bonds. The Morgan fingerprint density at radius 2 is 1.82 bits per heavy atom. The summed E-state index contributed by atoms with van der Waals surface area (Å²) >= 11 is 3.51. The van der Waals surface area contributed by atoms with Gasteiger partial charge in [0, 0.05) is 16.0 Å². The number of hydrogen-bond acceptors (Lipinski definition) is 1. The molecule has 92 valence electrons. The molecule has 0 bridgehead atoms. The van der Waals surface area contributed by atoms with Crippen LogP contribution < -0.4 is 0 Å². The van der Waals surface area contributed by atoms with E-state index in [1.54, 1.807) is 0 Å². The Balaban J connectivity index is 2.17. The summed E-state index contributed by atoms with van der Waals surface area (Å²) in [5, 5.41) is 0. The molecular formula is C15H19BrO. The summed E-state index contributed by atoms with van der Waals surface area (Å²) in [6.07, 6.45) is 7.13. The van der Waals surface area contributed by atoms with Gasteiger partial charge in [0.2, 0.25) is 0 Å². The van der Waals surface area contributed by atoms with E-state index in [1.165, 1.54) is 31.2 Å². The van der Waals surface area contributed by atoms with Gasteiger partial charge >= 0.3 is 0 Å². The molecule has 0 radical (unpaired) electrons. The smallest absolute Gasteiger partial charge is 0.167 e. The van der Waals surface area contributed by atoms with Crippen LogP contribution in [0.2, 0.25) is 0 Å². The molecule has 0 atom stereocenters. The lowest BCUT2D eigenvalue weighted by Crippen LogP contribution is -2.14. The van der Waals surface area contributed by atoms with Crippen LogP contribution in [0.1, 0.15) is 54.4 Å². The normalized spacial score (nSPS) is 17.8. The number of aryl methyl sites for hydroxylation is 1. The second-order valence-corrected chi connectivity index (χ2v) is 5.89. The monoisotopic (exact) mass is 294 g/mol. The molecule has 0 saturated heterocycles. The van der Waals surface area contributed by atoms with Crippen LogP contribution in [-0.4, -0.2) is 5.78 Å². The quantitative estimate of drug-likeness (QED) is 0.559. The third-order valence-corrected chi connectivity index (χ3v) is 4.27. The molecule has 0 heterocycles. The molecule has 0 unspecified atom stereocenters. The van der Waals surface area contributed by atoms with E-state index in [4.69, 9.17) is 0 Å². The van der Waals surface area contributed by atoms with Gasteiger partial charge in [0.05, 0.1) is 0 Å². The molecule has 1 aliphatic rings. The number of halogens is 1. The maximum absolute atomic E-state index is 12.5. The van der Waals surface area contributed by atoms with Crippen molar-refractivity contribution < 1.29 is 4.79 Å². The Hall–Kier alpha value is -0.630. The van der Waals surface area contributed by atoms with Crippen molar-refractivity contribution in [3.05, 3.63) is 33.8 Å². The molecule has 2 heteroatoms. The number of ketones is 1. The highest BCUT2D eigenvalue weighted by atomic mass is 79.9. The molecule has 17 heavy (non-hydrogen) atoms. The Morgan fingerprint density at radius 3 is 2.41 bits per heavy atom. The average molecular weight is 295 g/mol. The van der Waals surface area contributed by atoms with Crippen LogP contribution >= 0.6 is 15.9 Å². The summed E-state index contributed by atoms with van der Waals surface area (Å²) in [4.78, 5) is 12.5. The molecule has 1 saturated carbocycles. The molecule has 0 aromatic heterocycles. The summed E-state index contributed by atoms with van der Waals surface area (Å²) in [6, 6.07) is 6.02. The first kappa shape index (κ1) is 12.8. The zero-order valence-corrected chi connectivity index (χ0v) is 11.9. The molecule has 1 nitrogen and oxygen atoms in total. The minimum atomic E-state index is 0.247. The Kier molecular flexibility index (Phi) is 4.38. The van der Waals surface area contributed by atoms with Crippen molar-refractivity contribution in [2.45, 2.75) is 45.4 Å². The number of Topliss-reactive ketones (excluding diaryl/α,β-unsaturated/α-hetero) is 1. The van der Waals surface area contributed by atoms with Gasteiger partial charge in [0.25, 0.3) is 0 Å². The van der Waals surface area contributed by atoms with Gasteiger partial charge in [-0.3, -0.25) is 4.79 Å². The third kappa shape index (κ3) is 3.19. The fraction of sp³-hybridized carbons (Fsp3) is 0.533. The van der Waals surface area contributed by atoms with E-state index in [9.17, 15) is 4.79 Å². The number of rotatable bonds is 2. The van der Waals surface area contributed by atoms with Gasteiger partial charge in [-0.2, -0.15) is 0 Å². The van der Waals surface area contributed by atoms with Crippen LogP contribution in [-0.2, 0) is 0 Å². The zero-order chi connectivity index (χ0) is 12.3. The van der Waals surface area contributed by atoms with Gasteiger partial charge in [-0.05, 0) is 37.5 Å². The van der Waals surface area contributed by atoms with Crippen LogP contribution in [0, 0.1) is 12.8 Å². The molecule has 1 fully saturated rings. The van der Waals surface area contributed by atoms with E-state index >= 15 is 0 Å². The van der Waals surface area contributed by atoms with Gasteiger partial charge in [0.15, 0.2) is 5.78 Å². The topological polar surface area (TPSA) is 17.1 Å². The number of hydrogen-bond donors (Lipinski definition) is 0. The van der Waals surface area contributed by atoms with Crippen molar-refractivity contribution in [2.75, 3.05) is 0 Å². The van der Waals surface area contributed by atoms with E-state index in [1.807, 2.05) is 25.1 Å². The van der Waals surface area contributed by atoms with E-state index in [0.29, 0.717) is 5.78 Å². The third-order valence-electron chi connectivity index (χ3n) is 3.62. The van der Waals surface area contributed by atoms with Gasteiger partial charge in [0.1, 0.15) is 0 Å². The first-order valence-electron chi connectivity index (χ1n) is 6.49. The van der Waals surface area contributed by atoms with Crippen LogP contribution in [0.4, 0.5) is 0 Å². The summed E-state index contributed by atoms with van der Waals surface area (Å²) in [5.41, 5.74) is 2.05. The minimum absolute atomic E-state index is 0.247. The molecule has 0 aliphatic heterocycles. The second kappa shape index (κ2) is 5.81. The maximum atomic E-state index is 12.5. The summed E-state index contributed by atoms with van der Waals surface area (Å²) in [5.74, 6) is 0.579. The van der Waals surface area contributed by atoms with Crippen LogP contribution in [0.15, 0.2) is 22.7 Å². The fourth-order valence-electron chi connectivity index (χ4n) is 2.58. The highest BCUT2D eigenvalue weighted by molar-refractivity contribution is 9.10. The van der Waals surface area contributed by atoms with Crippen molar-refractivity contribution in [3.8, 4) is 0 Å². The van der Waals surface area contributed by atoms with Gasteiger partial charge in [-0.15, -0.1) is 0 Å². The maximum Gasteiger partial charge on any atom is 0.167 e. The molecule has 1 aromatic rings. The largest absolute Gasteiger partial charge is 0.294 e. The van der Waals surface area contributed by atoms with Crippen molar-refractivity contribution >= 4 is 21.7 Å².